The quantitative estimate of drug-likeness (QED) is 0.851. The Labute approximate surface area is 148 Å². The van der Waals surface area contributed by atoms with Crippen LogP contribution < -0.4 is 10.5 Å². The van der Waals surface area contributed by atoms with Gasteiger partial charge in [-0.15, -0.1) is 5.10 Å². The van der Waals surface area contributed by atoms with Crippen molar-refractivity contribution in [2.24, 2.45) is 11.7 Å². The van der Waals surface area contributed by atoms with Gasteiger partial charge in [0.25, 0.3) is 0 Å². The fraction of sp³-hybridized carbons (Fsp3) is 0.333. The van der Waals surface area contributed by atoms with Crippen LogP contribution in [-0.4, -0.2) is 10.2 Å². The number of H-pyrrole nitrogens is 1. The number of benzene rings is 1. The molecule has 5 nitrogen and oxygen atoms in total. The van der Waals surface area contributed by atoms with Crippen LogP contribution in [0, 0.1) is 24.2 Å². The van der Waals surface area contributed by atoms with Gasteiger partial charge in [0.2, 0.25) is 11.8 Å². The Bertz CT molecular complexity index is 937. The highest BCUT2D eigenvalue weighted by Crippen LogP contribution is 2.52. The summed E-state index contributed by atoms with van der Waals surface area (Å²) in [7, 11) is 0. The Morgan fingerprint density at radius 3 is 2.62 bits per heavy atom. The number of halogens is 3. The smallest absolute Gasteiger partial charge is 0.416 e. The first-order chi connectivity index (χ1) is 12.1. The van der Waals surface area contributed by atoms with E-state index in [9.17, 15) is 18.4 Å². The van der Waals surface area contributed by atoms with Crippen LogP contribution in [0.25, 0.3) is 0 Å². The van der Waals surface area contributed by atoms with Crippen LogP contribution in [0.2, 0.25) is 0 Å². The van der Waals surface area contributed by atoms with Crippen molar-refractivity contribution in [3.8, 4) is 11.9 Å². The number of fused-ring (bicyclic) bond motifs is 1. The summed E-state index contributed by atoms with van der Waals surface area (Å²) in [5, 5.41) is 16.6. The Morgan fingerprint density at radius 2 is 2.04 bits per heavy atom. The highest BCUT2D eigenvalue weighted by atomic mass is 19.4. The van der Waals surface area contributed by atoms with E-state index < -0.39 is 17.2 Å². The minimum absolute atomic E-state index is 0.0730. The summed E-state index contributed by atoms with van der Waals surface area (Å²) in [6.07, 6.45) is -4.50. The number of hydrogen-bond donors (Lipinski definition) is 2. The van der Waals surface area contributed by atoms with Gasteiger partial charge in [-0.25, -0.2) is 0 Å². The average Bonchev–Trinajstić information content (AvgIpc) is 2.93. The van der Waals surface area contributed by atoms with E-state index in [0.717, 1.165) is 12.1 Å². The van der Waals surface area contributed by atoms with E-state index in [4.69, 9.17) is 10.5 Å². The second-order valence-electron chi connectivity index (χ2n) is 6.52. The minimum Gasteiger partial charge on any atom is -0.420 e. The van der Waals surface area contributed by atoms with Gasteiger partial charge in [0.1, 0.15) is 11.6 Å². The van der Waals surface area contributed by atoms with Crippen molar-refractivity contribution in [1.82, 2.24) is 10.2 Å². The number of aryl methyl sites for hydroxylation is 1. The molecular formula is C18H17F3N4O. The van der Waals surface area contributed by atoms with Crippen LogP contribution in [-0.2, 0) is 11.6 Å². The third-order valence-electron chi connectivity index (χ3n) is 4.78. The van der Waals surface area contributed by atoms with Gasteiger partial charge in [0.15, 0.2) is 0 Å². The van der Waals surface area contributed by atoms with Crippen molar-refractivity contribution in [2.45, 2.75) is 32.4 Å². The zero-order valence-corrected chi connectivity index (χ0v) is 14.4. The number of alkyl halides is 3. The highest BCUT2D eigenvalue weighted by Gasteiger charge is 2.51. The molecule has 0 amide bonds. The van der Waals surface area contributed by atoms with E-state index in [2.05, 4.69) is 10.2 Å². The van der Waals surface area contributed by atoms with Crippen LogP contribution >= 0.6 is 0 Å². The zero-order valence-electron chi connectivity index (χ0n) is 14.4. The molecule has 0 bridgehead atoms. The molecule has 0 unspecified atom stereocenters. The normalized spacial score (nSPS) is 19.9. The summed E-state index contributed by atoms with van der Waals surface area (Å²) in [6, 6.07) is 7.01. The standard InChI is InChI=1S/C18H17F3N4O/c1-9(2)17(11-5-4-6-12(7-11)18(19,20)21)13(8-22)15(23)26-16-14(17)10(3)24-25-16/h4-7,9H,23H2,1-3H3,(H,24,25)/t17-/m0/s1. The van der Waals surface area contributed by atoms with Gasteiger partial charge in [0.05, 0.1) is 16.5 Å². The largest absolute Gasteiger partial charge is 0.420 e. The molecule has 136 valence electrons. The lowest BCUT2D eigenvalue weighted by molar-refractivity contribution is -0.137. The molecule has 0 radical (unpaired) electrons. The molecule has 1 aromatic carbocycles. The summed E-state index contributed by atoms with van der Waals surface area (Å²) >= 11 is 0. The van der Waals surface area contributed by atoms with E-state index in [1.165, 1.54) is 6.07 Å². The van der Waals surface area contributed by atoms with Gasteiger partial charge in [0, 0.05) is 5.69 Å². The predicted molar refractivity (Wildman–Crippen MR) is 87.8 cm³/mol. The number of rotatable bonds is 2. The number of nitrogens with one attached hydrogen (secondary N) is 1. The van der Waals surface area contributed by atoms with E-state index in [0.29, 0.717) is 16.8 Å². The van der Waals surface area contributed by atoms with Gasteiger partial charge < -0.3 is 10.5 Å². The molecule has 2 aromatic rings. The first-order valence-corrected chi connectivity index (χ1v) is 7.95. The summed E-state index contributed by atoms with van der Waals surface area (Å²) in [5.41, 5.74) is 5.47. The summed E-state index contributed by atoms with van der Waals surface area (Å²) in [5.74, 6) is -0.277. The molecule has 1 aliphatic heterocycles. The molecule has 0 spiro atoms. The molecule has 3 rings (SSSR count). The monoisotopic (exact) mass is 362 g/mol. The lowest BCUT2D eigenvalue weighted by Gasteiger charge is -2.41. The molecule has 1 aromatic heterocycles. The minimum atomic E-state index is -4.50. The molecule has 8 heteroatoms. The number of ether oxygens (including phenoxy) is 1. The number of allylic oxidation sites excluding steroid dienone is 1. The van der Waals surface area contributed by atoms with Crippen molar-refractivity contribution in [3.63, 3.8) is 0 Å². The number of aromatic amines is 1. The molecule has 3 N–H and O–H groups in total. The van der Waals surface area contributed by atoms with Gasteiger partial charge in [-0.2, -0.15) is 18.4 Å². The van der Waals surface area contributed by atoms with Crippen molar-refractivity contribution < 1.29 is 17.9 Å². The number of aromatic nitrogens is 2. The van der Waals surface area contributed by atoms with Crippen molar-refractivity contribution in [2.75, 3.05) is 0 Å². The first-order valence-electron chi connectivity index (χ1n) is 7.95. The Balaban J connectivity index is 2.43. The average molecular weight is 362 g/mol. The molecule has 0 saturated heterocycles. The molecule has 1 atom stereocenters. The highest BCUT2D eigenvalue weighted by molar-refractivity contribution is 5.61. The van der Waals surface area contributed by atoms with Crippen LogP contribution in [0.1, 0.15) is 36.2 Å². The van der Waals surface area contributed by atoms with Gasteiger partial charge in [-0.3, -0.25) is 5.10 Å². The fourth-order valence-electron chi connectivity index (χ4n) is 3.70. The van der Waals surface area contributed by atoms with Gasteiger partial charge in [-0.05, 0) is 24.5 Å². The molecule has 26 heavy (non-hydrogen) atoms. The third kappa shape index (κ3) is 2.35. The molecule has 1 aliphatic rings. The lowest BCUT2D eigenvalue weighted by Crippen LogP contribution is -2.41. The van der Waals surface area contributed by atoms with Gasteiger partial charge in [-0.1, -0.05) is 32.0 Å². The second kappa shape index (κ2) is 5.80. The van der Waals surface area contributed by atoms with E-state index in [1.54, 1.807) is 13.0 Å². The third-order valence-corrected chi connectivity index (χ3v) is 4.78. The van der Waals surface area contributed by atoms with E-state index in [-0.39, 0.29) is 23.3 Å². The predicted octanol–water partition coefficient (Wildman–Crippen LogP) is 3.77. The zero-order chi connectivity index (χ0) is 19.3. The van der Waals surface area contributed by atoms with Crippen LogP contribution in [0.5, 0.6) is 5.88 Å². The Morgan fingerprint density at radius 1 is 1.35 bits per heavy atom. The second-order valence-corrected chi connectivity index (χ2v) is 6.52. The van der Waals surface area contributed by atoms with E-state index in [1.807, 2.05) is 19.9 Å². The number of nitrogens with zero attached hydrogens (tertiary/aromatic N) is 2. The maximum Gasteiger partial charge on any atom is 0.416 e. The summed E-state index contributed by atoms with van der Waals surface area (Å²) in [4.78, 5) is 0. The maximum atomic E-state index is 13.3. The van der Waals surface area contributed by atoms with Gasteiger partial charge >= 0.3 is 6.18 Å². The number of nitriles is 1. The molecule has 2 heterocycles. The number of nitrogens with two attached hydrogens (primary N) is 1. The SMILES string of the molecule is Cc1[nH]nc2c1[C@](c1cccc(C(F)(F)F)c1)(C(C)C)C(C#N)=C(N)O2. The maximum absolute atomic E-state index is 13.3. The molecular weight excluding hydrogens is 345 g/mol. The van der Waals surface area contributed by atoms with Crippen molar-refractivity contribution in [1.29, 1.82) is 5.26 Å². The summed E-state index contributed by atoms with van der Waals surface area (Å²) < 4.78 is 45.3. The Hall–Kier alpha value is -2.95. The first kappa shape index (κ1) is 17.9. The van der Waals surface area contributed by atoms with Crippen LogP contribution in [0.3, 0.4) is 0 Å². The van der Waals surface area contributed by atoms with E-state index >= 15 is 0 Å². The molecule has 0 fully saturated rings. The van der Waals surface area contributed by atoms with Crippen LogP contribution in [0.15, 0.2) is 35.7 Å². The molecule has 0 aliphatic carbocycles. The fourth-order valence-corrected chi connectivity index (χ4v) is 3.70. The summed E-state index contributed by atoms with van der Waals surface area (Å²) in [6.45, 7) is 5.38. The van der Waals surface area contributed by atoms with Crippen molar-refractivity contribution >= 4 is 0 Å². The lowest BCUT2D eigenvalue weighted by atomic mass is 9.61. The topological polar surface area (TPSA) is 87.7 Å². The Kier molecular flexibility index (Phi) is 3.98. The molecule has 0 saturated carbocycles. The van der Waals surface area contributed by atoms with Crippen LogP contribution in [0.4, 0.5) is 13.2 Å². The van der Waals surface area contributed by atoms with Crippen molar-refractivity contribution in [3.05, 3.63) is 58.1 Å². The number of hydrogen-bond acceptors (Lipinski definition) is 4.